The first-order valence-electron chi connectivity index (χ1n) is 8.70. The molecule has 0 amide bonds. The molecule has 2 aromatic heterocycles. The molecule has 30 heavy (non-hydrogen) atoms. The number of ether oxygens (including phenoxy) is 2. The summed E-state index contributed by atoms with van der Waals surface area (Å²) < 4.78 is 28.4. The first-order chi connectivity index (χ1) is 14.5. The molecule has 154 valence electrons. The minimum absolute atomic E-state index is 0.296. The third-order valence-corrected chi connectivity index (χ3v) is 6.34. The molecule has 2 heterocycles. The number of thiazole rings is 1. The van der Waals surface area contributed by atoms with Crippen LogP contribution in [0.4, 0.5) is 4.39 Å². The normalized spacial score (nSPS) is 11.1. The van der Waals surface area contributed by atoms with Gasteiger partial charge in [-0.25, -0.2) is 9.37 Å². The summed E-state index contributed by atoms with van der Waals surface area (Å²) in [5, 5.41) is 0.296. The van der Waals surface area contributed by atoms with Gasteiger partial charge in [-0.2, -0.15) is 0 Å². The number of nitrogens with zero attached hydrogens (tertiary/aromatic N) is 3. The SMILES string of the molecule is COc1ccc(OC)c(-n2c(CBr)nc3c(sc(=S)n3-c3cccc(F)c3)c2=O)c1. The van der Waals surface area contributed by atoms with E-state index in [1.807, 2.05) is 0 Å². The van der Waals surface area contributed by atoms with Gasteiger partial charge in [0, 0.05) is 6.07 Å². The van der Waals surface area contributed by atoms with Crippen LogP contribution in [0.2, 0.25) is 0 Å². The Morgan fingerprint density at radius 2 is 1.97 bits per heavy atom. The maximum atomic E-state index is 13.8. The zero-order valence-corrected chi connectivity index (χ0v) is 19.1. The van der Waals surface area contributed by atoms with Crippen molar-refractivity contribution >= 4 is 49.8 Å². The Kier molecular flexibility index (Phi) is 5.72. The highest BCUT2D eigenvalue weighted by atomic mass is 79.9. The Balaban J connectivity index is 2.07. The molecule has 4 aromatic rings. The second-order valence-corrected chi connectivity index (χ2v) is 8.38. The predicted octanol–water partition coefficient (Wildman–Crippen LogP) is 5.02. The molecule has 0 atom stereocenters. The van der Waals surface area contributed by atoms with Gasteiger partial charge in [0.2, 0.25) is 0 Å². The Bertz CT molecular complexity index is 1380. The molecule has 0 unspecified atom stereocenters. The van der Waals surface area contributed by atoms with E-state index in [9.17, 15) is 9.18 Å². The molecular formula is C20H15BrFN3O3S2. The van der Waals surface area contributed by atoms with Gasteiger partial charge in [-0.3, -0.25) is 13.9 Å². The molecule has 2 aromatic carbocycles. The second-order valence-electron chi connectivity index (χ2n) is 6.18. The molecule has 4 rings (SSSR count). The smallest absolute Gasteiger partial charge is 0.277 e. The average Bonchev–Trinajstić information content (AvgIpc) is 3.09. The molecule has 0 aliphatic rings. The largest absolute Gasteiger partial charge is 0.497 e. The highest BCUT2D eigenvalue weighted by Gasteiger charge is 2.20. The summed E-state index contributed by atoms with van der Waals surface area (Å²) in [5.74, 6) is 1.11. The lowest BCUT2D eigenvalue weighted by molar-refractivity contribution is 0.401. The molecule has 0 spiro atoms. The van der Waals surface area contributed by atoms with E-state index in [2.05, 4.69) is 15.9 Å². The van der Waals surface area contributed by atoms with Crippen molar-refractivity contribution in [3.63, 3.8) is 0 Å². The van der Waals surface area contributed by atoms with Crippen LogP contribution in [-0.2, 0) is 5.33 Å². The van der Waals surface area contributed by atoms with Crippen LogP contribution in [0.15, 0.2) is 47.3 Å². The lowest BCUT2D eigenvalue weighted by Gasteiger charge is -2.15. The van der Waals surface area contributed by atoms with Crippen LogP contribution >= 0.6 is 39.5 Å². The molecular weight excluding hydrogens is 493 g/mol. The predicted molar refractivity (Wildman–Crippen MR) is 121 cm³/mol. The quantitative estimate of drug-likeness (QED) is 0.280. The van der Waals surface area contributed by atoms with Gasteiger partial charge in [0.15, 0.2) is 9.60 Å². The van der Waals surface area contributed by atoms with Crippen LogP contribution in [0.1, 0.15) is 5.82 Å². The summed E-state index contributed by atoms with van der Waals surface area (Å²) in [4.78, 5) is 18.2. The van der Waals surface area contributed by atoms with Crippen LogP contribution in [0.3, 0.4) is 0 Å². The fourth-order valence-electron chi connectivity index (χ4n) is 3.15. The molecule has 0 N–H and O–H groups in total. The summed E-state index contributed by atoms with van der Waals surface area (Å²) in [5.41, 5.74) is 1.10. The first-order valence-corrected chi connectivity index (χ1v) is 11.0. The zero-order chi connectivity index (χ0) is 21.4. The molecule has 0 radical (unpaired) electrons. The monoisotopic (exact) mass is 507 g/mol. The van der Waals surface area contributed by atoms with E-state index < -0.39 is 5.82 Å². The van der Waals surface area contributed by atoms with Gasteiger partial charge in [-0.15, -0.1) is 0 Å². The number of methoxy groups -OCH3 is 2. The molecule has 6 nitrogen and oxygen atoms in total. The molecule has 0 aliphatic heterocycles. The van der Waals surface area contributed by atoms with Crippen molar-refractivity contribution in [2.24, 2.45) is 0 Å². The van der Waals surface area contributed by atoms with E-state index in [0.717, 1.165) is 11.3 Å². The number of fused-ring (bicyclic) bond motifs is 1. The van der Waals surface area contributed by atoms with Crippen molar-refractivity contribution in [3.8, 4) is 22.9 Å². The van der Waals surface area contributed by atoms with E-state index in [0.29, 0.717) is 48.3 Å². The summed E-state index contributed by atoms with van der Waals surface area (Å²) in [6.07, 6.45) is 0. The number of aromatic nitrogens is 3. The van der Waals surface area contributed by atoms with Gasteiger partial charge in [-0.05, 0) is 42.5 Å². The lowest BCUT2D eigenvalue weighted by Crippen LogP contribution is -2.23. The van der Waals surface area contributed by atoms with E-state index in [4.69, 9.17) is 26.7 Å². The summed E-state index contributed by atoms with van der Waals surface area (Å²) in [6.45, 7) is 0. The highest BCUT2D eigenvalue weighted by molar-refractivity contribution is 9.08. The number of hydrogen-bond acceptors (Lipinski definition) is 6. The summed E-state index contributed by atoms with van der Waals surface area (Å²) >= 11 is 10.0. The van der Waals surface area contributed by atoms with Crippen LogP contribution in [0.5, 0.6) is 11.5 Å². The number of alkyl halides is 1. The highest BCUT2D eigenvalue weighted by Crippen LogP contribution is 2.30. The Morgan fingerprint density at radius 3 is 2.63 bits per heavy atom. The number of benzene rings is 2. The van der Waals surface area contributed by atoms with Gasteiger partial charge in [-0.1, -0.05) is 33.3 Å². The van der Waals surface area contributed by atoms with E-state index in [-0.39, 0.29) is 5.56 Å². The van der Waals surface area contributed by atoms with Crippen molar-refractivity contribution in [2.45, 2.75) is 5.33 Å². The first kappa shape index (κ1) is 20.7. The topological polar surface area (TPSA) is 58.3 Å². The lowest BCUT2D eigenvalue weighted by atomic mass is 10.2. The van der Waals surface area contributed by atoms with Crippen LogP contribution < -0.4 is 15.0 Å². The van der Waals surface area contributed by atoms with Gasteiger partial charge in [0.1, 0.15) is 27.8 Å². The summed E-state index contributed by atoms with van der Waals surface area (Å²) in [6, 6.07) is 11.2. The van der Waals surface area contributed by atoms with Gasteiger partial charge < -0.3 is 9.47 Å². The van der Waals surface area contributed by atoms with Gasteiger partial charge in [0.05, 0.1) is 30.9 Å². The third-order valence-electron chi connectivity index (χ3n) is 4.49. The molecule has 0 bridgehead atoms. The van der Waals surface area contributed by atoms with Crippen molar-refractivity contribution in [1.82, 2.24) is 14.1 Å². The molecule has 0 saturated heterocycles. The van der Waals surface area contributed by atoms with Crippen LogP contribution in [0.25, 0.3) is 21.7 Å². The Hall–Kier alpha value is -2.56. The van der Waals surface area contributed by atoms with Crippen molar-refractivity contribution in [3.05, 3.63) is 68.4 Å². The van der Waals surface area contributed by atoms with Crippen molar-refractivity contribution < 1.29 is 13.9 Å². The molecule has 0 fully saturated rings. The fourth-order valence-corrected chi connectivity index (χ4v) is 4.83. The number of hydrogen-bond donors (Lipinski definition) is 0. The zero-order valence-electron chi connectivity index (χ0n) is 15.9. The van der Waals surface area contributed by atoms with Crippen molar-refractivity contribution in [2.75, 3.05) is 14.2 Å². The van der Waals surface area contributed by atoms with Crippen molar-refractivity contribution in [1.29, 1.82) is 0 Å². The van der Waals surface area contributed by atoms with E-state index in [1.54, 1.807) is 42.0 Å². The maximum Gasteiger partial charge on any atom is 0.277 e. The van der Waals surface area contributed by atoms with Crippen LogP contribution in [-0.4, -0.2) is 28.3 Å². The maximum absolute atomic E-state index is 13.8. The number of rotatable bonds is 5. The minimum Gasteiger partial charge on any atom is -0.497 e. The number of halogens is 2. The molecule has 0 saturated carbocycles. The minimum atomic E-state index is -0.399. The van der Waals surface area contributed by atoms with Crippen LogP contribution in [0, 0.1) is 9.77 Å². The second kappa shape index (κ2) is 8.29. The van der Waals surface area contributed by atoms with Gasteiger partial charge >= 0.3 is 0 Å². The average molecular weight is 508 g/mol. The third kappa shape index (κ3) is 3.44. The molecule has 0 aliphatic carbocycles. The van der Waals surface area contributed by atoms with Gasteiger partial charge in [0.25, 0.3) is 5.56 Å². The Morgan fingerprint density at radius 1 is 1.17 bits per heavy atom. The van der Waals surface area contributed by atoms with E-state index >= 15 is 0 Å². The Labute approximate surface area is 188 Å². The standard InChI is InChI=1S/C20H15BrFN3O3S2/c1-27-13-6-7-15(28-2)14(9-13)25-16(10-21)23-18-17(19(25)26)30-20(29)24(18)12-5-3-4-11(22)8-12/h3-9H,10H2,1-2H3. The van der Waals surface area contributed by atoms with E-state index in [1.165, 1.54) is 23.8 Å². The molecule has 10 heteroatoms. The summed E-state index contributed by atoms with van der Waals surface area (Å²) in [7, 11) is 3.08. The fraction of sp³-hybridized carbons (Fsp3) is 0.150.